The van der Waals surface area contributed by atoms with Gasteiger partial charge in [0.05, 0.1) is 5.52 Å². The molecular formula is C19H27N5O. The van der Waals surface area contributed by atoms with Crippen LogP contribution in [0, 0.1) is 0 Å². The molecule has 1 amide bonds. The second-order valence-corrected chi connectivity index (χ2v) is 6.90. The summed E-state index contributed by atoms with van der Waals surface area (Å²) in [6.07, 6.45) is 4.58. The van der Waals surface area contributed by atoms with E-state index in [0.29, 0.717) is 24.5 Å². The normalized spacial score (nSPS) is 20.3. The average molecular weight is 341 g/mol. The van der Waals surface area contributed by atoms with Crippen LogP contribution in [0.25, 0.3) is 10.9 Å². The minimum atomic E-state index is 0.143. The van der Waals surface area contributed by atoms with Crippen LogP contribution in [0.1, 0.15) is 39.0 Å². The van der Waals surface area contributed by atoms with E-state index >= 15 is 0 Å². The van der Waals surface area contributed by atoms with Gasteiger partial charge in [-0.15, -0.1) is 0 Å². The Balaban J connectivity index is 1.69. The minimum absolute atomic E-state index is 0.143. The van der Waals surface area contributed by atoms with Crippen molar-refractivity contribution in [1.82, 2.24) is 15.3 Å². The number of carbonyl (C=O) groups excluding carboxylic acids is 1. The number of fused-ring (bicyclic) bond motifs is 1. The van der Waals surface area contributed by atoms with Crippen LogP contribution in [-0.4, -0.2) is 42.1 Å². The lowest BCUT2D eigenvalue weighted by Gasteiger charge is -2.30. The molecule has 3 rings (SSSR count). The lowest BCUT2D eigenvalue weighted by atomic mass is 9.91. The zero-order valence-corrected chi connectivity index (χ0v) is 15.2. The van der Waals surface area contributed by atoms with Crippen molar-refractivity contribution in [3.05, 3.63) is 24.3 Å². The Morgan fingerprint density at radius 3 is 2.48 bits per heavy atom. The number of amides is 1. The summed E-state index contributed by atoms with van der Waals surface area (Å²) in [6, 6.07) is 8.74. The number of nitrogens with one attached hydrogen (secondary N) is 2. The topological polar surface area (TPSA) is 70.2 Å². The van der Waals surface area contributed by atoms with Crippen molar-refractivity contribution in [1.29, 1.82) is 0 Å². The van der Waals surface area contributed by atoms with Crippen molar-refractivity contribution in [2.45, 2.75) is 51.1 Å². The molecule has 6 heteroatoms. The molecule has 1 saturated carbocycles. The van der Waals surface area contributed by atoms with Crippen LogP contribution < -0.4 is 15.5 Å². The first kappa shape index (κ1) is 17.5. The molecule has 6 nitrogen and oxygen atoms in total. The predicted octanol–water partition coefficient (Wildman–Crippen LogP) is 2.95. The maximum Gasteiger partial charge on any atom is 0.225 e. The van der Waals surface area contributed by atoms with Crippen molar-refractivity contribution < 1.29 is 4.79 Å². The third kappa shape index (κ3) is 4.18. The number of para-hydroxylation sites is 1. The number of carbonyl (C=O) groups is 1. The Labute approximate surface area is 149 Å². The number of hydrogen-bond acceptors (Lipinski definition) is 5. The van der Waals surface area contributed by atoms with Crippen molar-refractivity contribution in [3.8, 4) is 0 Å². The molecule has 134 valence electrons. The maximum atomic E-state index is 11.5. The van der Waals surface area contributed by atoms with Crippen molar-refractivity contribution in [3.63, 3.8) is 0 Å². The molecular weight excluding hydrogens is 314 g/mol. The molecule has 1 fully saturated rings. The van der Waals surface area contributed by atoms with Gasteiger partial charge in [0.1, 0.15) is 5.82 Å². The number of aromatic nitrogens is 2. The predicted molar refractivity (Wildman–Crippen MR) is 102 cm³/mol. The summed E-state index contributed by atoms with van der Waals surface area (Å²) in [7, 11) is 4.00. The zero-order valence-electron chi connectivity index (χ0n) is 15.2. The quantitative estimate of drug-likeness (QED) is 0.875. The summed E-state index contributed by atoms with van der Waals surface area (Å²) in [6.45, 7) is 1.89. The summed E-state index contributed by atoms with van der Waals surface area (Å²) in [5.41, 5.74) is 0.951. The van der Waals surface area contributed by atoms with E-state index in [1.54, 1.807) is 0 Å². The molecule has 0 spiro atoms. The summed E-state index contributed by atoms with van der Waals surface area (Å²) >= 11 is 0. The molecule has 1 aliphatic carbocycles. The third-order valence-corrected chi connectivity index (χ3v) is 4.75. The van der Waals surface area contributed by atoms with Crippen LogP contribution in [0.15, 0.2) is 24.3 Å². The van der Waals surface area contributed by atoms with Crippen LogP contribution in [0.3, 0.4) is 0 Å². The summed E-state index contributed by atoms with van der Waals surface area (Å²) in [4.78, 5) is 22.9. The number of nitrogens with zero attached hydrogens (tertiary/aromatic N) is 3. The largest absolute Gasteiger partial charge is 0.362 e. The summed E-state index contributed by atoms with van der Waals surface area (Å²) < 4.78 is 0. The summed E-state index contributed by atoms with van der Waals surface area (Å²) in [5, 5.41) is 7.65. The van der Waals surface area contributed by atoms with Crippen LogP contribution >= 0.6 is 0 Å². The molecule has 1 heterocycles. The second kappa shape index (κ2) is 7.68. The van der Waals surface area contributed by atoms with Gasteiger partial charge in [-0.05, 0) is 37.8 Å². The fourth-order valence-corrected chi connectivity index (χ4v) is 3.36. The maximum absolute atomic E-state index is 11.5. The second-order valence-electron chi connectivity index (χ2n) is 6.90. The monoisotopic (exact) mass is 341 g/mol. The highest BCUT2D eigenvalue weighted by Crippen LogP contribution is 2.26. The molecule has 0 atom stereocenters. The van der Waals surface area contributed by atoms with Gasteiger partial charge in [-0.3, -0.25) is 4.79 Å². The molecule has 1 aromatic carbocycles. The molecule has 0 aliphatic heterocycles. The van der Waals surface area contributed by atoms with Gasteiger partial charge in [0.15, 0.2) is 0 Å². The van der Waals surface area contributed by atoms with Gasteiger partial charge in [-0.2, -0.15) is 4.98 Å². The van der Waals surface area contributed by atoms with Gasteiger partial charge in [0, 0.05) is 38.0 Å². The van der Waals surface area contributed by atoms with Crippen molar-refractivity contribution in [2.24, 2.45) is 0 Å². The van der Waals surface area contributed by atoms with E-state index in [4.69, 9.17) is 4.98 Å². The molecule has 1 aromatic heterocycles. The van der Waals surface area contributed by atoms with Crippen LogP contribution in [0.4, 0.5) is 11.8 Å². The molecule has 0 bridgehead atoms. The van der Waals surface area contributed by atoms with E-state index in [1.165, 1.54) is 0 Å². The lowest BCUT2D eigenvalue weighted by Crippen LogP contribution is -2.40. The van der Waals surface area contributed by atoms with E-state index in [9.17, 15) is 4.79 Å². The van der Waals surface area contributed by atoms with E-state index in [1.807, 2.05) is 44.1 Å². The van der Waals surface area contributed by atoms with Gasteiger partial charge in [-0.25, -0.2) is 4.98 Å². The molecule has 0 radical (unpaired) electrons. The molecule has 25 heavy (non-hydrogen) atoms. The molecule has 2 N–H and O–H groups in total. The first-order valence-corrected chi connectivity index (χ1v) is 9.06. The highest BCUT2D eigenvalue weighted by molar-refractivity contribution is 5.90. The number of benzene rings is 1. The Hall–Kier alpha value is -2.37. The Bertz CT molecular complexity index is 738. The van der Waals surface area contributed by atoms with E-state index < -0.39 is 0 Å². The third-order valence-electron chi connectivity index (χ3n) is 4.75. The molecule has 0 saturated heterocycles. The first-order chi connectivity index (χ1) is 12.1. The lowest BCUT2D eigenvalue weighted by molar-refractivity contribution is -0.121. The number of rotatable bonds is 5. The fourth-order valence-electron chi connectivity index (χ4n) is 3.36. The average Bonchev–Trinajstić information content (AvgIpc) is 2.62. The van der Waals surface area contributed by atoms with E-state index in [2.05, 4.69) is 21.7 Å². The van der Waals surface area contributed by atoms with Gasteiger partial charge in [0.25, 0.3) is 0 Å². The Morgan fingerprint density at radius 2 is 1.80 bits per heavy atom. The molecule has 0 unspecified atom stereocenters. The SMILES string of the molecule is CCC(=O)NC1CCC(Nc2nc(N(C)C)c3ccccc3n2)CC1. The molecule has 2 aromatic rings. The highest BCUT2D eigenvalue weighted by Gasteiger charge is 2.23. The first-order valence-electron chi connectivity index (χ1n) is 9.06. The smallest absolute Gasteiger partial charge is 0.225 e. The molecule has 1 aliphatic rings. The summed E-state index contributed by atoms with van der Waals surface area (Å²) in [5.74, 6) is 1.75. The van der Waals surface area contributed by atoms with Crippen molar-refractivity contribution in [2.75, 3.05) is 24.3 Å². The van der Waals surface area contributed by atoms with E-state index in [0.717, 1.165) is 42.4 Å². The van der Waals surface area contributed by atoms with E-state index in [-0.39, 0.29) is 5.91 Å². The van der Waals surface area contributed by atoms with Gasteiger partial charge in [-0.1, -0.05) is 19.1 Å². The standard InChI is InChI=1S/C19H27N5O/c1-4-17(25)20-13-9-11-14(12-10-13)21-19-22-16-8-6-5-7-15(16)18(23-19)24(2)3/h5-8,13-14H,4,9-12H2,1-3H3,(H,20,25)(H,21,22,23). The Morgan fingerprint density at radius 1 is 1.12 bits per heavy atom. The van der Waals surface area contributed by atoms with Gasteiger partial charge < -0.3 is 15.5 Å². The van der Waals surface area contributed by atoms with Gasteiger partial charge >= 0.3 is 0 Å². The van der Waals surface area contributed by atoms with Crippen LogP contribution in [0.5, 0.6) is 0 Å². The highest BCUT2D eigenvalue weighted by atomic mass is 16.1. The minimum Gasteiger partial charge on any atom is -0.362 e. The number of hydrogen-bond donors (Lipinski definition) is 2. The zero-order chi connectivity index (χ0) is 17.8. The van der Waals surface area contributed by atoms with Gasteiger partial charge in [0.2, 0.25) is 11.9 Å². The van der Waals surface area contributed by atoms with Crippen LogP contribution in [-0.2, 0) is 4.79 Å². The van der Waals surface area contributed by atoms with Crippen LogP contribution in [0.2, 0.25) is 0 Å². The Kier molecular flexibility index (Phi) is 5.36. The number of anilines is 2. The van der Waals surface area contributed by atoms with Crippen molar-refractivity contribution >= 4 is 28.6 Å². The fraction of sp³-hybridized carbons (Fsp3) is 0.526.